The molecule has 4 rings (SSSR count). The Morgan fingerprint density at radius 2 is 1.76 bits per heavy atom. The van der Waals surface area contributed by atoms with E-state index >= 15 is 0 Å². The molecule has 0 radical (unpaired) electrons. The summed E-state index contributed by atoms with van der Waals surface area (Å²) in [5.74, 6) is -2.36. The van der Waals surface area contributed by atoms with Crippen molar-refractivity contribution >= 4 is 46.1 Å². The van der Waals surface area contributed by atoms with Crippen LogP contribution >= 0.6 is 22.9 Å². The van der Waals surface area contributed by atoms with E-state index in [1.807, 2.05) is 0 Å². The maximum Gasteiger partial charge on any atom is 0.417 e. The highest BCUT2D eigenvalue weighted by atomic mass is 35.5. The molecule has 1 aromatic heterocycles. The molecule has 0 saturated heterocycles. The molecule has 0 atom stereocenters. The van der Waals surface area contributed by atoms with Gasteiger partial charge in [0.25, 0.3) is 11.8 Å². The summed E-state index contributed by atoms with van der Waals surface area (Å²) in [5, 5.41) is 2.36. The van der Waals surface area contributed by atoms with Gasteiger partial charge in [-0.15, -0.1) is 11.3 Å². The highest BCUT2D eigenvalue weighted by Gasteiger charge is 2.35. The summed E-state index contributed by atoms with van der Waals surface area (Å²) in [4.78, 5) is 28.2. The van der Waals surface area contributed by atoms with Crippen LogP contribution in [0.25, 0.3) is 0 Å². The maximum atomic E-state index is 13.3. The average molecular weight is 497 g/mol. The molecule has 33 heavy (non-hydrogen) atoms. The van der Waals surface area contributed by atoms with Crippen LogP contribution in [0.1, 0.15) is 44.0 Å². The Labute approximate surface area is 195 Å². The zero-order valence-corrected chi connectivity index (χ0v) is 18.6. The van der Waals surface area contributed by atoms with Crippen LogP contribution in [-0.2, 0) is 12.6 Å². The summed E-state index contributed by atoms with van der Waals surface area (Å²) in [6, 6.07) is 9.48. The Kier molecular flexibility index (Phi) is 6.45. The molecule has 0 spiro atoms. The average Bonchev–Trinajstić information content (AvgIpc) is 3.02. The Morgan fingerprint density at radius 1 is 1.03 bits per heavy atom. The highest BCUT2D eigenvalue weighted by molar-refractivity contribution is 7.16. The van der Waals surface area contributed by atoms with Gasteiger partial charge in [-0.25, -0.2) is 4.39 Å². The third-order valence-electron chi connectivity index (χ3n) is 5.25. The quantitative estimate of drug-likeness (QED) is 0.406. The van der Waals surface area contributed by atoms with Crippen molar-refractivity contribution in [2.75, 3.05) is 16.8 Å². The zero-order valence-electron chi connectivity index (χ0n) is 17.0. The van der Waals surface area contributed by atoms with Gasteiger partial charge in [0, 0.05) is 22.7 Å². The standard InChI is InChI=1S/C23H17ClF4N2O2S/c24-20-12-18-19(33-20)3-1-2-10-30(18)22(32)13-4-7-15(8-5-13)29-21(31)16-9-6-14(25)11-17(16)23(26,27)28/h4-9,11-12H,1-3,10H2,(H,29,31). The van der Waals surface area contributed by atoms with Gasteiger partial charge in [-0.05, 0) is 67.8 Å². The number of nitrogens with one attached hydrogen (secondary N) is 1. The number of nitrogens with zero attached hydrogens (tertiary/aromatic N) is 1. The maximum absolute atomic E-state index is 13.3. The van der Waals surface area contributed by atoms with Crippen LogP contribution in [0, 0.1) is 5.82 Å². The van der Waals surface area contributed by atoms with Gasteiger partial charge in [-0.1, -0.05) is 11.6 Å². The molecule has 172 valence electrons. The molecule has 4 nitrogen and oxygen atoms in total. The smallest absolute Gasteiger partial charge is 0.322 e. The minimum atomic E-state index is -4.89. The Bertz CT molecular complexity index is 1210. The van der Waals surface area contributed by atoms with Gasteiger partial charge in [-0.3, -0.25) is 9.59 Å². The number of halogens is 5. The van der Waals surface area contributed by atoms with E-state index in [9.17, 15) is 27.2 Å². The third kappa shape index (κ3) is 5.04. The van der Waals surface area contributed by atoms with Crippen LogP contribution in [-0.4, -0.2) is 18.4 Å². The number of thiophene rings is 1. The van der Waals surface area contributed by atoms with Gasteiger partial charge in [0.2, 0.25) is 0 Å². The molecule has 1 N–H and O–H groups in total. The van der Waals surface area contributed by atoms with E-state index < -0.39 is 29.0 Å². The minimum Gasteiger partial charge on any atom is -0.322 e. The molecule has 0 unspecified atom stereocenters. The molecule has 1 aliphatic heterocycles. The second-order valence-electron chi connectivity index (χ2n) is 7.49. The third-order valence-corrected chi connectivity index (χ3v) is 6.56. The largest absolute Gasteiger partial charge is 0.417 e. The van der Waals surface area contributed by atoms with Crippen molar-refractivity contribution in [2.24, 2.45) is 0 Å². The molecule has 10 heteroatoms. The number of carbonyl (C=O) groups is 2. The summed E-state index contributed by atoms with van der Waals surface area (Å²) in [7, 11) is 0. The first-order chi connectivity index (χ1) is 15.6. The van der Waals surface area contributed by atoms with E-state index in [-0.39, 0.29) is 17.7 Å². The Hall–Kier alpha value is -2.91. The molecular weight excluding hydrogens is 480 g/mol. The van der Waals surface area contributed by atoms with Gasteiger partial charge in [0.05, 0.1) is 21.2 Å². The number of alkyl halides is 3. The van der Waals surface area contributed by atoms with Crippen molar-refractivity contribution in [1.82, 2.24) is 0 Å². The molecule has 3 aromatic rings. The fourth-order valence-corrected chi connectivity index (χ4v) is 4.99. The topological polar surface area (TPSA) is 49.4 Å². The first-order valence-corrected chi connectivity index (χ1v) is 11.2. The monoisotopic (exact) mass is 496 g/mol. The van der Waals surface area contributed by atoms with Crippen LogP contribution in [0.15, 0.2) is 48.5 Å². The lowest BCUT2D eigenvalue weighted by molar-refractivity contribution is -0.138. The van der Waals surface area contributed by atoms with Crippen LogP contribution in [0.2, 0.25) is 4.34 Å². The molecule has 1 aliphatic rings. The molecule has 0 saturated carbocycles. The molecule has 0 bridgehead atoms. The van der Waals surface area contributed by atoms with E-state index in [0.717, 1.165) is 42.0 Å². The van der Waals surface area contributed by atoms with Crippen LogP contribution in [0.4, 0.5) is 28.9 Å². The van der Waals surface area contributed by atoms with Gasteiger partial charge in [0.15, 0.2) is 0 Å². The summed E-state index contributed by atoms with van der Waals surface area (Å²) in [6.07, 6.45) is -2.24. The van der Waals surface area contributed by atoms with Crippen LogP contribution in [0.5, 0.6) is 0 Å². The second kappa shape index (κ2) is 9.15. The van der Waals surface area contributed by atoms with Crippen molar-refractivity contribution in [2.45, 2.75) is 25.4 Å². The van der Waals surface area contributed by atoms with Crippen molar-refractivity contribution < 1.29 is 27.2 Å². The highest BCUT2D eigenvalue weighted by Crippen LogP contribution is 2.37. The van der Waals surface area contributed by atoms with Crippen LogP contribution < -0.4 is 10.2 Å². The zero-order chi connectivity index (χ0) is 23.8. The van der Waals surface area contributed by atoms with Crippen molar-refractivity contribution in [3.05, 3.63) is 80.3 Å². The molecule has 2 aromatic carbocycles. The molecular formula is C23H17ClF4N2O2S. The number of benzene rings is 2. The van der Waals surface area contributed by atoms with Crippen molar-refractivity contribution in [1.29, 1.82) is 0 Å². The van der Waals surface area contributed by atoms with E-state index in [1.54, 1.807) is 11.0 Å². The molecule has 0 fully saturated rings. The number of amides is 2. The summed E-state index contributed by atoms with van der Waals surface area (Å²) in [6.45, 7) is 0.544. The van der Waals surface area contributed by atoms with E-state index in [2.05, 4.69) is 5.32 Å². The van der Waals surface area contributed by atoms with Gasteiger partial charge >= 0.3 is 6.18 Å². The predicted molar refractivity (Wildman–Crippen MR) is 120 cm³/mol. The van der Waals surface area contributed by atoms with E-state index in [0.29, 0.717) is 16.4 Å². The van der Waals surface area contributed by atoms with Crippen molar-refractivity contribution in [3.63, 3.8) is 0 Å². The Morgan fingerprint density at radius 3 is 2.45 bits per heavy atom. The fraction of sp³-hybridized carbons (Fsp3) is 0.217. The lowest BCUT2D eigenvalue weighted by Crippen LogP contribution is -2.31. The lowest BCUT2D eigenvalue weighted by atomic mass is 10.1. The number of aryl methyl sites for hydroxylation is 1. The Balaban J connectivity index is 1.53. The van der Waals surface area contributed by atoms with Gasteiger partial charge < -0.3 is 10.2 Å². The number of hydrogen-bond acceptors (Lipinski definition) is 3. The summed E-state index contributed by atoms with van der Waals surface area (Å²) < 4.78 is 53.5. The van der Waals surface area contributed by atoms with E-state index in [4.69, 9.17) is 11.6 Å². The number of anilines is 2. The van der Waals surface area contributed by atoms with Gasteiger partial charge in [0.1, 0.15) is 5.82 Å². The lowest BCUT2D eigenvalue weighted by Gasteiger charge is -2.21. The number of carbonyl (C=O) groups excluding carboxylic acids is 2. The normalized spacial score (nSPS) is 13.9. The summed E-state index contributed by atoms with van der Waals surface area (Å²) >= 11 is 7.59. The van der Waals surface area contributed by atoms with Gasteiger partial charge in [-0.2, -0.15) is 13.2 Å². The number of hydrogen-bond donors (Lipinski definition) is 1. The summed E-state index contributed by atoms with van der Waals surface area (Å²) in [5.41, 5.74) is -0.709. The fourth-order valence-electron chi connectivity index (χ4n) is 3.68. The second-order valence-corrected chi connectivity index (χ2v) is 9.26. The predicted octanol–water partition coefficient (Wildman–Crippen LogP) is 6.79. The number of rotatable bonds is 3. The van der Waals surface area contributed by atoms with E-state index in [1.165, 1.54) is 35.6 Å². The SMILES string of the molecule is O=C(Nc1ccc(C(=O)N2CCCCc3sc(Cl)cc32)cc1)c1ccc(F)cc1C(F)(F)F. The molecule has 2 heterocycles. The number of fused-ring (bicyclic) bond motifs is 1. The molecule has 0 aliphatic carbocycles. The van der Waals surface area contributed by atoms with Crippen molar-refractivity contribution in [3.8, 4) is 0 Å². The minimum absolute atomic E-state index is 0.198. The molecule has 2 amide bonds. The first kappa shape index (κ1) is 23.3. The first-order valence-electron chi connectivity index (χ1n) is 10.0. The van der Waals surface area contributed by atoms with Crippen LogP contribution in [0.3, 0.4) is 0 Å².